The first-order valence-electron chi connectivity index (χ1n) is 8.44. The molecule has 1 aromatic carbocycles. The Labute approximate surface area is 136 Å². The van der Waals surface area contributed by atoms with Gasteiger partial charge in [-0.25, -0.2) is 13.1 Å². The summed E-state index contributed by atoms with van der Waals surface area (Å²) in [4.78, 5) is 0.361. The summed E-state index contributed by atoms with van der Waals surface area (Å²) in [5.74, 6) is 0.483. The summed E-state index contributed by atoms with van der Waals surface area (Å²) in [7, 11) is -3.41. The van der Waals surface area contributed by atoms with Gasteiger partial charge in [0.1, 0.15) is 0 Å². The summed E-state index contributed by atoms with van der Waals surface area (Å²) >= 11 is 0. The van der Waals surface area contributed by atoms with Gasteiger partial charge in [-0.15, -0.1) is 0 Å². The number of unbranched alkanes of at least 4 members (excludes halogenated alkanes) is 3. The van der Waals surface area contributed by atoms with Crippen LogP contribution in [0.5, 0.6) is 0 Å². The lowest BCUT2D eigenvalue weighted by atomic mass is 9.99. The maximum atomic E-state index is 12.5. The molecule has 0 aliphatic carbocycles. The minimum atomic E-state index is -3.41. The molecule has 0 amide bonds. The topological polar surface area (TPSA) is 46.2 Å². The third kappa shape index (κ3) is 6.93. The van der Waals surface area contributed by atoms with Crippen LogP contribution in [0.2, 0.25) is 0 Å². The minimum Gasteiger partial charge on any atom is -0.208 e. The molecule has 126 valence electrons. The van der Waals surface area contributed by atoms with E-state index in [9.17, 15) is 8.42 Å². The fraction of sp³-hybridized carbons (Fsp3) is 0.667. The van der Waals surface area contributed by atoms with Crippen LogP contribution in [0.3, 0.4) is 0 Å². The zero-order chi connectivity index (χ0) is 16.6. The Bertz CT molecular complexity index is 521. The Morgan fingerprint density at radius 3 is 2.23 bits per heavy atom. The lowest BCUT2D eigenvalue weighted by Crippen LogP contribution is -2.35. The second-order valence-corrected chi connectivity index (χ2v) is 8.32. The van der Waals surface area contributed by atoms with Gasteiger partial charge in [-0.05, 0) is 37.8 Å². The number of hydrogen-bond donors (Lipinski definition) is 1. The van der Waals surface area contributed by atoms with E-state index in [-0.39, 0.29) is 6.04 Å². The third-order valence-electron chi connectivity index (χ3n) is 3.82. The maximum absolute atomic E-state index is 12.5. The normalized spacial score (nSPS) is 13.5. The lowest BCUT2D eigenvalue weighted by molar-refractivity contribution is 0.424. The molecule has 0 aliphatic rings. The van der Waals surface area contributed by atoms with Crippen LogP contribution in [-0.2, 0) is 10.0 Å². The van der Waals surface area contributed by atoms with Gasteiger partial charge >= 0.3 is 0 Å². The number of rotatable bonds is 10. The molecule has 1 N–H and O–H groups in total. The van der Waals surface area contributed by atoms with Crippen molar-refractivity contribution in [1.82, 2.24) is 4.72 Å². The quantitative estimate of drug-likeness (QED) is 0.636. The first-order valence-corrected chi connectivity index (χ1v) is 9.92. The van der Waals surface area contributed by atoms with Crippen LogP contribution in [0.4, 0.5) is 0 Å². The summed E-state index contributed by atoms with van der Waals surface area (Å²) in [5.41, 5.74) is 1.07. The van der Waals surface area contributed by atoms with Crippen molar-refractivity contribution in [2.45, 2.75) is 77.2 Å². The second kappa shape index (κ2) is 9.31. The van der Waals surface area contributed by atoms with Crippen LogP contribution in [0.15, 0.2) is 29.2 Å². The van der Waals surface area contributed by atoms with Gasteiger partial charge in [0.25, 0.3) is 0 Å². The highest BCUT2D eigenvalue weighted by Crippen LogP contribution is 2.17. The molecule has 4 heteroatoms. The highest BCUT2D eigenvalue weighted by molar-refractivity contribution is 7.89. The smallest absolute Gasteiger partial charge is 0.208 e. The predicted octanol–water partition coefficient (Wildman–Crippen LogP) is 4.66. The molecule has 0 fully saturated rings. The average molecular weight is 326 g/mol. The standard InChI is InChI=1S/C18H31NO2S/c1-5-6-7-8-9-17(14-15(2)3)19-22(20,21)18-12-10-16(4)11-13-18/h10-13,15,17,19H,5-9,14H2,1-4H3/t17-/m1/s1. The fourth-order valence-electron chi connectivity index (χ4n) is 2.62. The number of hydrogen-bond acceptors (Lipinski definition) is 2. The molecule has 0 aliphatic heterocycles. The Balaban J connectivity index is 2.71. The summed E-state index contributed by atoms with van der Waals surface area (Å²) in [6.45, 7) is 8.42. The van der Waals surface area contributed by atoms with Gasteiger partial charge in [0.15, 0.2) is 0 Å². The largest absolute Gasteiger partial charge is 0.240 e. The van der Waals surface area contributed by atoms with Crippen LogP contribution in [0, 0.1) is 12.8 Å². The first-order chi connectivity index (χ1) is 10.3. The summed E-state index contributed by atoms with van der Waals surface area (Å²) in [6.07, 6.45) is 6.49. The van der Waals surface area contributed by atoms with Crippen LogP contribution in [0.1, 0.15) is 64.9 Å². The zero-order valence-electron chi connectivity index (χ0n) is 14.4. The molecule has 0 bridgehead atoms. The maximum Gasteiger partial charge on any atom is 0.240 e. The van der Waals surface area contributed by atoms with E-state index in [4.69, 9.17) is 0 Å². The highest BCUT2D eigenvalue weighted by Gasteiger charge is 2.20. The van der Waals surface area contributed by atoms with E-state index in [2.05, 4.69) is 25.5 Å². The van der Waals surface area contributed by atoms with Gasteiger partial charge in [0.2, 0.25) is 10.0 Å². The van der Waals surface area contributed by atoms with Gasteiger partial charge < -0.3 is 0 Å². The van der Waals surface area contributed by atoms with Gasteiger partial charge in [0, 0.05) is 6.04 Å². The molecule has 0 saturated heterocycles. The molecule has 1 rings (SSSR count). The predicted molar refractivity (Wildman–Crippen MR) is 93.5 cm³/mol. The molecular weight excluding hydrogens is 294 g/mol. The van der Waals surface area contributed by atoms with Crippen molar-refractivity contribution in [2.75, 3.05) is 0 Å². The van der Waals surface area contributed by atoms with Crippen molar-refractivity contribution < 1.29 is 8.42 Å². The van der Waals surface area contributed by atoms with Crippen molar-refractivity contribution >= 4 is 10.0 Å². The number of nitrogens with one attached hydrogen (secondary N) is 1. The molecule has 0 radical (unpaired) electrons. The van der Waals surface area contributed by atoms with E-state index in [1.807, 2.05) is 19.1 Å². The second-order valence-electron chi connectivity index (χ2n) is 6.61. The van der Waals surface area contributed by atoms with E-state index in [0.29, 0.717) is 10.8 Å². The van der Waals surface area contributed by atoms with E-state index < -0.39 is 10.0 Å². The highest BCUT2D eigenvalue weighted by atomic mass is 32.2. The van der Waals surface area contributed by atoms with E-state index in [0.717, 1.165) is 24.8 Å². The summed E-state index contributed by atoms with van der Waals surface area (Å²) < 4.78 is 27.9. The Morgan fingerprint density at radius 1 is 1.05 bits per heavy atom. The van der Waals surface area contributed by atoms with E-state index in [1.165, 1.54) is 19.3 Å². The minimum absolute atomic E-state index is 0.0307. The first kappa shape index (κ1) is 19.2. The van der Waals surface area contributed by atoms with Crippen LogP contribution >= 0.6 is 0 Å². The van der Waals surface area contributed by atoms with Gasteiger partial charge in [-0.1, -0.05) is 64.2 Å². The van der Waals surface area contributed by atoms with Crippen molar-refractivity contribution in [3.8, 4) is 0 Å². The molecule has 3 nitrogen and oxygen atoms in total. The van der Waals surface area contributed by atoms with Crippen molar-refractivity contribution in [2.24, 2.45) is 5.92 Å². The van der Waals surface area contributed by atoms with Crippen molar-refractivity contribution in [1.29, 1.82) is 0 Å². The van der Waals surface area contributed by atoms with E-state index in [1.54, 1.807) is 12.1 Å². The average Bonchev–Trinajstić information content (AvgIpc) is 2.43. The zero-order valence-corrected chi connectivity index (χ0v) is 15.2. The van der Waals surface area contributed by atoms with Gasteiger partial charge in [-0.2, -0.15) is 0 Å². The summed E-state index contributed by atoms with van der Waals surface area (Å²) in [6, 6.07) is 7.08. The number of aryl methyl sites for hydroxylation is 1. The molecule has 0 saturated carbocycles. The molecule has 0 unspecified atom stereocenters. The SMILES string of the molecule is CCCCCC[C@H](CC(C)C)NS(=O)(=O)c1ccc(C)cc1. The van der Waals surface area contributed by atoms with Gasteiger partial charge in [0.05, 0.1) is 4.90 Å². The van der Waals surface area contributed by atoms with Crippen LogP contribution < -0.4 is 4.72 Å². The third-order valence-corrected chi connectivity index (χ3v) is 5.35. The molecule has 0 heterocycles. The van der Waals surface area contributed by atoms with Crippen LogP contribution in [0.25, 0.3) is 0 Å². The molecule has 0 spiro atoms. The molecule has 22 heavy (non-hydrogen) atoms. The lowest BCUT2D eigenvalue weighted by Gasteiger charge is -2.20. The summed E-state index contributed by atoms with van der Waals surface area (Å²) in [5, 5.41) is 0. The molecule has 1 atom stereocenters. The van der Waals surface area contributed by atoms with Crippen molar-refractivity contribution in [3.63, 3.8) is 0 Å². The molecule has 1 aromatic rings. The fourth-order valence-corrected chi connectivity index (χ4v) is 3.90. The Hall–Kier alpha value is -0.870. The van der Waals surface area contributed by atoms with Gasteiger partial charge in [-0.3, -0.25) is 0 Å². The Morgan fingerprint density at radius 2 is 1.68 bits per heavy atom. The van der Waals surface area contributed by atoms with Crippen molar-refractivity contribution in [3.05, 3.63) is 29.8 Å². The Kier molecular flexibility index (Phi) is 8.12. The number of benzene rings is 1. The molecule has 0 aromatic heterocycles. The molecular formula is C18H31NO2S. The van der Waals surface area contributed by atoms with Crippen LogP contribution in [-0.4, -0.2) is 14.5 Å². The van der Waals surface area contributed by atoms with E-state index >= 15 is 0 Å². The monoisotopic (exact) mass is 325 g/mol. The number of sulfonamides is 1.